The van der Waals surface area contributed by atoms with Crippen molar-refractivity contribution in [1.82, 2.24) is 4.90 Å². The van der Waals surface area contributed by atoms with E-state index in [9.17, 15) is 0 Å². The van der Waals surface area contributed by atoms with E-state index < -0.39 is 0 Å². The summed E-state index contributed by atoms with van der Waals surface area (Å²) in [6.07, 6.45) is 14.1. The van der Waals surface area contributed by atoms with Gasteiger partial charge in [0, 0.05) is 6.04 Å². The molecule has 1 nitrogen and oxygen atoms in total. The van der Waals surface area contributed by atoms with Crippen molar-refractivity contribution in [3.8, 4) is 0 Å². The average Bonchev–Trinajstić information content (AvgIpc) is 2.60. The van der Waals surface area contributed by atoms with Crippen molar-refractivity contribution in [3.05, 3.63) is 34.9 Å². The molecule has 2 aliphatic rings. The zero-order chi connectivity index (χ0) is 16.1. The lowest BCUT2D eigenvalue weighted by atomic mass is 9.84. The zero-order valence-electron chi connectivity index (χ0n) is 15.3. The molecule has 1 aromatic carbocycles. The minimum atomic E-state index is 0.784. The molecule has 3 rings (SSSR count). The molecule has 2 aliphatic carbocycles. The van der Waals surface area contributed by atoms with E-state index in [1.54, 1.807) is 11.1 Å². The first-order valence-corrected chi connectivity index (χ1v) is 10.1. The molecule has 0 radical (unpaired) electrons. The molecule has 0 N–H and O–H groups in total. The molecule has 23 heavy (non-hydrogen) atoms. The van der Waals surface area contributed by atoms with Crippen LogP contribution in [0.4, 0.5) is 0 Å². The van der Waals surface area contributed by atoms with Crippen LogP contribution in [0.15, 0.2) is 18.2 Å². The lowest BCUT2D eigenvalue weighted by Crippen LogP contribution is -2.41. The highest BCUT2D eigenvalue weighted by atomic mass is 15.1. The van der Waals surface area contributed by atoms with Gasteiger partial charge in [-0.05, 0) is 74.7 Å². The third-order valence-corrected chi connectivity index (χ3v) is 6.27. The SMILES string of the molecule is CCCN(CCC1CCCCC1)C1CCc2cccc(C)c2C1. The molecule has 0 heterocycles. The number of hydrogen-bond acceptors (Lipinski definition) is 1. The van der Waals surface area contributed by atoms with Gasteiger partial charge in [0.2, 0.25) is 0 Å². The van der Waals surface area contributed by atoms with Crippen LogP contribution in [0.5, 0.6) is 0 Å². The van der Waals surface area contributed by atoms with Gasteiger partial charge in [0.25, 0.3) is 0 Å². The van der Waals surface area contributed by atoms with E-state index in [4.69, 9.17) is 0 Å². The topological polar surface area (TPSA) is 3.24 Å². The first-order valence-electron chi connectivity index (χ1n) is 10.1. The van der Waals surface area contributed by atoms with E-state index in [-0.39, 0.29) is 0 Å². The van der Waals surface area contributed by atoms with Crippen molar-refractivity contribution in [2.75, 3.05) is 13.1 Å². The van der Waals surface area contributed by atoms with Crippen LogP contribution in [0.1, 0.15) is 75.0 Å². The van der Waals surface area contributed by atoms with Gasteiger partial charge >= 0.3 is 0 Å². The summed E-state index contributed by atoms with van der Waals surface area (Å²) in [5.41, 5.74) is 4.78. The Kier molecular flexibility index (Phi) is 6.16. The number of fused-ring (bicyclic) bond motifs is 1. The van der Waals surface area contributed by atoms with Crippen molar-refractivity contribution in [2.24, 2.45) is 5.92 Å². The van der Waals surface area contributed by atoms with Crippen molar-refractivity contribution >= 4 is 0 Å². The number of benzene rings is 1. The summed E-state index contributed by atoms with van der Waals surface area (Å²) in [4.78, 5) is 2.84. The molecule has 1 unspecified atom stereocenters. The molecule has 1 fully saturated rings. The normalized spacial score (nSPS) is 22.3. The summed E-state index contributed by atoms with van der Waals surface area (Å²) in [5, 5.41) is 0. The number of hydrogen-bond donors (Lipinski definition) is 0. The minimum absolute atomic E-state index is 0.784. The molecular weight excluding hydrogens is 278 g/mol. The Bertz CT molecular complexity index is 487. The fourth-order valence-corrected chi connectivity index (χ4v) is 4.85. The van der Waals surface area contributed by atoms with Crippen molar-refractivity contribution in [1.29, 1.82) is 0 Å². The highest BCUT2D eigenvalue weighted by Crippen LogP contribution is 2.30. The maximum absolute atomic E-state index is 2.84. The maximum Gasteiger partial charge on any atom is 0.0139 e. The third kappa shape index (κ3) is 4.38. The molecule has 0 aliphatic heterocycles. The van der Waals surface area contributed by atoms with Gasteiger partial charge < -0.3 is 4.90 Å². The van der Waals surface area contributed by atoms with Gasteiger partial charge in [-0.25, -0.2) is 0 Å². The molecule has 0 aromatic heterocycles. The Labute approximate surface area is 143 Å². The maximum atomic E-state index is 2.84. The molecule has 1 aromatic rings. The first-order chi connectivity index (χ1) is 11.3. The molecule has 0 saturated heterocycles. The summed E-state index contributed by atoms with van der Waals surface area (Å²) in [5.74, 6) is 1.01. The summed E-state index contributed by atoms with van der Waals surface area (Å²) < 4.78 is 0. The van der Waals surface area contributed by atoms with E-state index in [0.717, 1.165) is 12.0 Å². The molecule has 1 heteroatoms. The van der Waals surface area contributed by atoms with Gasteiger partial charge in [0.05, 0.1) is 0 Å². The summed E-state index contributed by atoms with van der Waals surface area (Å²) in [6.45, 7) is 7.27. The highest BCUT2D eigenvalue weighted by molar-refractivity contribution is 5.37. The van der Waals surface area contributed by atoms with Gasteiger partial charge in [0.1, 0.15) is 0 Å². The largest absolute Gasteiger partial charge is 0.300 e. The van der Waals surface area contributed by atoms with Gasteiger partial charge in [-0.15, -0.1) is 0 Å². The number of nitrogens with zero attached hydrogens (tertiary/aromatic N) is 1. The van der Waals surface area contributed by atoms with Crippen LogP contribution in [0, 0.1) is 12.8 Å². The minimum Gasteiger partial charge on any atom is -0.300 e. The average molecular weight is 314 g/mol. The predicted molar refractivity (Wildman–Crippen MR) is 100 cm³/mol. The van der Waals surface area contributed by atoms with E-state index in [1.165, 1.54) is 82.9 Å². The zero-order valence-corrected chi connectivity index (χ0v) is 15.3. The number of aryl methyl sites for hydroxylation is 2. The molecule has 0 amide bonds. The van der Waals surface area contributed by atoms with Crippen molar-refractivity contribution < 1.29 is 0 Å². The second kappa shape index (κ2) is 8.33. The summed E-state index contributed by atoms with van der Waals surface area (Å²) >= 11 is 0. The molecule has 1 atom stereocenters. The molecule has 0 bridgehead atoms. The van der Waals surface area contributed by atoms with E-state index >= 15 is 0 Å². The molecule has 1 saturated carbocycles. The van der Waals surface area contributed by atoms with Crippen LogP contribution in [-0.4, -0.2) is 24.0 Å². The van der Waals surface area contributed by atoms with Crippen LogP contribution in [-0.2, 0) is 12.8 Å². The standard InChI is InChI=1S/C22H35N/c1-3-15-23(16-14-19-9-5-4-6-10-19)21-13-12-20-11-7-8-18(2)22(20)17-21/h7-8,11,19,21H,3-6,9-10,12-17H2,1-2H3. The van der Waals surface area contributed by atoms with Gasteiger partial charge in [-0.3, -0.25) is 0 Å². The Morgan fingerprint density at radius 1 is 1.04 bits per heavy atom. The smallest absolute Gasteiger partial charge is 0.0139 e. The molecule has 0 spiro atoms. The predicted octanol–water partition coefficient (Wildman–Crippen LogP) is 5.53. The molecule has 128 valence electrons. The van der Waals surface area contributed by atoms with Crippen LogP contribution >= 0.6 is 0 Å². The van der Waals surface area contributed by atoms with Crippen molar-refractivity contribution in [2.45, 2.75) is 84.1 Å². The van der Waals surface area contributed by atoms with E-state index in [0.29, 0.717) is 0 Å². The Hall–Kier alpha value is -0.820. The fraction of sp³-hybridized carbons (Fsp3) is 0.727. The van der Waals surface area contributed by atoms with E-state index in [2.05, 4.69) is 36.9 Å². The van der Waals surface area contributed by atoms with Crippen LogP contribution in [0.3, 0.4) is 0 Å². The second-order valence-corrected chi connectivity index (χ2v) is 7.94. The van der Waals surface area contributed by atoms with Crippen LogP contribution in [0.25, 0.3) is 0 Å². The number of rotatable bonds is 6. The Morgan fingerprint density at radius 3 is 2.65 bits per heavy atom. The first kappa shape index (κ1) is 17.0. The van der Waals surface area contributed by atoms with E-state index in [1.807, 2.05) is 0 Å². The Balaban J connectivity index is 1.61. The Morgan fingerprint density at radius 2 is 1.87 bits per heavy atom. The third-order valence-electron chi connectivity index (χ3n) is 6.27. The lowest BCUT2D eigenvalue weighted by molar-refractivity contribution is 0.160. The van der Waals surface area contributed by atoms with Gasteiger partial charge in [-0.2, -0.15) is 0 Å². The van der Waals surface area contributed by atoms with Gasteiger partial charge in [-0.1, -0.05) is 57.2 Å². The fourth-order valence-electron chi connectivity index (χ4n) is 4.85. The monoisotopic (exact) mass is 313 g/mol. The van der Waals surface area contributed by atoms with Crippen molar-refractivity contribution in [3.63, 3.8) is 0 Å². The lowest BCUT2D eigenvalue weighted by Gasteiger charge is -2.37. The molecular formula is C22H35N. The van der Waals surface area contributed by atoms with Gasteiger partial charge in [0.15, 0.2) is 0 Å². The highest BCUT2D eigenvalue weighted by Gasteiger charge is 2.25. The van der Waals surface area contributed by atoms with Crippen LogP contribution in [0.2, 0.25) is 0 Å². The second-order valence-electron chi connectivity index (χ2n) is 7.94. The van der Waals surface area contributed by atoms with Crippen LogP contribution < -0.4 is 0 Å². The quantitative estimate of drug-likeness (QED) is 0.667. The summed E-state index contributed by atoms with van der Waals surface area (Å²) in [7, 11) is 0. The summed E-state index contributed by atoms with van der Waals surface area (Å²) in [6, 6.07) is 7.67.